The number of hydrogen-bond acceptors (Lipinski definition) is 3. The molecule has 1 aromatic carbocycles. The third kappa shape index (κ3) is 2.63. The first kappa shape index (κ1) is 12.2. The van der Waals surface area contributed by atoms with Crippen LogP contribution in [-0.2, 0) is 13.6 Å². The molecule has 0 amide bonds. The van der Waals surface area contributed by atoms with E-state index >= 15 is 0 Å². The van der Waals surface area contributed by atoms with Crippen molar-refractivity contribution in [1.82, 2.24) is 14.7 Å². The fourth-order valence-corrected chi connectivity index (χ4v) is 2.93. The molecule has 1 saturated heterocycles. The molecular formula is C15H20N4. The number of aryl methyl sites for hydroxylation is 1. The molecule has 19 heavy (non-hydrogen) atoms. The van der Waals surface area contributed by atoms with Crippen molar-refractivity contribution < 1.29 is 0 Å². The van der Waals surface area contributed by atoms with E-state index in [4.69, 9.17) is 5.73 Å². The van der Waals surface area contributed by atoms with Gasteiger partial charge in [0.05, 0.1) is 6.20 Å². The molecular weight excluding hydrogens is 236 g/mol. The van der Waals surface area contributed by atoms with Crippen LogP contribution >= 0.6 is 0 Å². The lowest BCUT2D eigenvalue weighted by Gasteiger charge is -2.23. The van der Waals surface area contributed by atoms with Crippen molar-refractivity contribution in [2.24, 2.45) is 7.05 Å². The van der Waals surface area contributed by atoms with Crippen LogP contribution < -0.4 is 5.73 Å². The summed E-state index contributed by atoms with van der Waals surface area (Å²) in [6.45, 7) is 2.11. The van der Waals surface area contributed by atoms with E-state index in [0.29, 0.717) is 6.04 Å². The second-order valence-corrected chi connectivity index (χ2v) is 5.32. The standard InChI is InChI=1S/C15H20N4/c1-18-11-13(9-17-18)15-6-3-7-19(15)10-12-4-2-5-14(16)8-12/h2,4-5,8-9,11,15H,3,6-7,10,16H2,1H3. The average Bonchev–Trinajstić information content (AvgIpc) is 2.98. The van der Waals surface area contributed by atoms with E-state index in [1.54, 1.807) is 0 Å². The number of nitrogen functional groups attached to an aromatic ring is 1. The van der Waals surface area contributed by atoms with Gasteiger partial charge >= 0.3 is 0 Å². The highest BCUT2D eigenvalue weighted by Crippen LogP contribution is 2.32. The average molecular weight is 256 g/mol. The predicted octanol–water partition coefficient (Wildman–Crippen LogP) is 2.34. The molecule has 2 aromatic rings. The summed E-state index contributed by atoms with van der Waals surface area (Å²) in [6.07, 6.45) is 6.58. The minimum atomic E-state index is 0.495. The van der Waals surface area contributed by atoms with Crippen LogP contribution in [0.3, 0.4) is 0 Å². The van der Waals surface area contributed by atoms with E-state index in [1.165, 1.54) is 24.0 Å². The maximum absolute atomic E-state index is 5.85. The summed E-state index contributed by atoms with van der Waals surface area (Å²) in [5.74, 6) is 0. The number of rotatable bonds is 3. The molecule has 4 heteroatoms. The Morgan fingerprint density at radius 2 is 2.32 bits per heavy atom. The van der Waals surface area contributed by atoms with Crippen LogP contribution in [0.4, 0.5) is 5.69 Å². The van der Waals surface area contributed by atoms with E-state index in [1.807, 2.05) is 30.1 Å². The Morgan fingerprint density at radius 3 is 3.05 bits per heavy atom. The van der Waals surface area contributed by atoms with Gasteiger partial charge in [-0.1, -0.05) is 12.1 Å². The van der Waals surface area contributed by atoms with E-state index in [9.17, 15) is 0 Å². The Hall–Kier alpha value is -1.81. The van der Waals surface area contributed by atoms with E-state index in [0.717, 1.165) is 18.8 Å². The van der Waals surface area contributed by atoms with Gasteiger partial charge in [-0.15, -0.1) is 0 Å². The summed E-state index contributed by atoms with van der Waals surface area (Å²) in [6, 6.07) is 8.68. The van der Waals surface area contributed by atoms with E-state index < -0.39 is 0 Å². The van der Waals surface area contributed by atoms with E-state index in [2.05, 4.69) is 28.3 Å². The maximum atomic E-state index is 5.85. The molecule has 3 rings (SSSR count). The third-order valence-electron chi connectivity index (χ3n) is 3.81. The Labute approximate surface area is 113 Å². The van der Waals surface area contributed by atoms with Gasteiger partial charge in [-0.25, -0.2) is 0 Å². The zero-order valence-electron chi connectivity index (χ0n) is 11.3. The molecule has 1 unspecified atom stereocenters. The zero-order chi connectivity index (χ0) is 13.2. The molecule has 100 valence electrons. The van der Waals surface area contributed by atoms with Crippen molar-refractivity contribution in [1.29, 1.82) is 0 Å². The molecule has 4 nitrogen and oxygen atoms in total. The highest BCUT2D eigenvalue weighted by atomic mass is 15.3. The highest BCUT2D eigenvalue weighted by molar-refractivity contribution is 5.40. The van der Waals surface area contributed by atoms with Gasteiger partial charge < -0.3 is 5.73 Å². The second kappa shape index (κ2) is 5.05. The number of nitrogens with two attached hydrogens (primary N) is 1. The molecule has 0 spiro atoms. The Bertz CT molecular complexity index is 561. The lowest BCUT2D eigenvalue weighted by Crippen LogP contribution is -2.22. The second-order valence-electron chi connectivity index (χ2n) is 5.32. The van der Waals surface area contributed by atoms with Crippen LogP contribution in [0.25, 0.3) is 0 Å². The highest BCUT2D eigenvalue weighted by Gasteiger charge is 2.26. The quantitative estimate of drug-likeness (QED) is 0.857. The molecule has 0 saturated carbocycles. The number of nitrogens with zero attached hydrogens (tertiary/aromatic N) is 3. The van der Waals surface area contributed by atoms with Crippen LogP contribution in [-0.4, -0.2) is 21.2 Å². The fourth-order valence-electron chi connectivity index (χ4n) is 2.93. The summed E-state index contributed by atoms with van der Waals surface area (Å²) in [5.41, 5.74) is 9.30. The molecule has 0 aliphatic carbocycles. The van der Waals surface area contributed by atoms with Crippen LogP contribution in [0.2, 0.25) is 0 Å². The van der Waals surface area contributed by atoms with Gasteiger partial charge in [-0.2, -0.15) is 5.10 Å². The molecule has 2 N–H and O–H groups in total. The summed E-state index contributed by atoms with van der Waals surface area (Å²) >= 11 is 0. The summed E-state index contributed by atoms with van der Waals surface area (Å²) < 4.78 is 1.88. The monoisotopic (exact) mass is 256 g/mol. The Balaban J connectivity index is 1.76. The molecule has 1 aliphatic heterocycles. The van der Waals surface area contributed by atoms with Crippen LogP contribution in [0.1, 0.15) is 30.0 Å². The normalized spacial score (nSPS) is 19.9. The molecule has 0 radical (unpaired) electrons. The first-order chi connectivity index (χ1) is 9.22. The lowest BCUT2D eigenvalue weighted by atomic mass is 10.1. The number of hydrogen-bond donors (Lipinski definition) is 1. The SMILES string of the molecule is Cn1cc(C2CCCN2Cc2cccc(N)c2)cn1. The van der Waals surface area contributed by atoms with Crippen molar-refractivity contribution >= 4 is 5.69 Å². The van der Waals surface area contributed by atoms with Gasteiger partial charge in [-0.05, 0) is 37.1 Å². The largest absolute Gasteiger partial charge is 0.399 e. The number of anilines is 1. The summed E-state index contributed by atoms with van der Waals surface area (Å²) in [7, 11) is 1.97. The van der Waals surface area contributed by atoms with Crippen LogP contribution in [0.15, 0.2) is 36.7 Å². The first-order valence-electron chi connectivity index (χ1n) is 6.79. The van der Waals surface area contributed by atoms with Crippen molar-refractivity contribution in [2.45, 2.75) is 25.4 Å². The van der Waals surface area contributed by atoms with Crippen molar-refractivity contribution in [3.05, 3.63) is 47.8 Å². The molecule has 0 bridgehead atoms. The van der Waals surface area contributed by atoms with Gasteiger partial charge in [0.1, 0.15) is 0 Å². The van der Waals surface area contributed by atoms with Gasteiger partial charge in [0.2, 0.25) is 0 Å². The first-order valence-corrected chi connectivity index (χ1v) is 6.79. The lowest BCUT2D eigenvalue weighted by molar-refractivity contribution is 0.248. The molecule has 1 atom stereocenters. The minimum absolute atomic E-state index is 0.495. The molecule has 2 heterocycles. The number of aromatic nitrogens is 2. The minimum Gasteiger partial charge on any atom is -0.399 e. The summed E-state index contributed by atoms with van der Waals surface area (Å²) in [5, 5.41) is 4.29. The van der Waals surface area contributed by atoms with Crippen molar-refractivity contribution in [3.8, 4) is 0 Å². The Morgan fingerprint density at radius 1 is 1.42 bits per heavy atom. The molecule has 1 aliphatic rings. The fraction of sp³-hybridized carbons (Fsp3) is 0.400. The smallest absolute Gasteiger partial charge is 0.0537 e. The van der Waals surface area contributed by atoms with E-state index in [-0.39, 0.29) is 0 Å². The summed E-state index contributed by atoms with van der Waals surface area (Å²) in [4.78, 5) is 2.52. The molecule has 1 fully saturated rings. The number of benzene rings is 1. The zero-order valence-corrected chi connectivity index (χ0v) is 11.3. The third-order valence-corrected chi connectivity index (χ3v) is 3.81. The van der Waals surface area contributed by atoms with Crippen LogP contribution in [0.5, 0.6) is 0 Å². The van der Waals surface area contributed by atoms with Gasteiger partial charge in [-0.3, -0.25) is 9.58 Å². The van der Waals surface area contributed by atoms with Gasteiger partial charge in [0, 0.05) is 37.1 Å². The van der Waals surface area contributed by atoms with Gasteiger partial charge in [0.15, 0.2) is 0 Å². The van der Waals surface area contributed by atoms with Crippen molar-refractivity contribution in [3.63, 3.8) is 0 Å². The van der Waals surface area contributed by atoms with Gasteiger partial charge in [0.25, 0.3) is 0 Å². The topological polar surface area (TPSA) is 47.1 Å². The van der Waals surface area contributed by atoms with Crippen LogP contribution in [0, 0.1) is 0 Å². The maximum Gasteiger partial charge on any atom is 0.0537 e. The Kier molecular flexibility index (Phi) is 3.25. The predicted molar refractivity (Wildman–Crippen MR) is 76.4 cm³/mol. The van der Waals surface area contributed by atoms with Crippen molar-refractivity contribution in [2.75, 3.05) is 12.3 Å². The molecule has 1 aromatic heterocycles. The number of likely N-dealkylation sites (tertiary alicyclic amines) is 1.